The average molecular weight is 293 g/mol. The van der Waals surface area contributed by atoms with Gasteiger partial charge in [0.05, 0.1) is 12.5 Å². The fourth-order valence-electron chi connectivity index (χ4n) is 1.74. The van der Waals surface area contributed by atoms with Crippen molar-refractivity contribution >= 4 is 11.6 Å². The Hall–Kier alpha value is -1.99. The smallest absolute Gasteiger partial charge is 0.165 e. The molecule has 0 aliphatic heterocycles. The minimum absolute atomic E-state index is 0.202. The van der Waals surface area contributed by atoms with Gasteiger partial charge in [-0.2, -0.15) is 5.10 Å². The van der Waals surface area contributed by atoms with Gasteiger partial charge in [0, 0.05) is 30.9 Å². The van der Waals surface area contributed by atoms with Gasteiger partial charge in [-0.05, 0) is 24.3 Å². The van der Waals surface area contributed by atoms with Crippen LogP contribution in [-0.2, 0) is 13.5 Å². The molecular formula is C15H14ClFN2O. The number of hydrogen-bond donors (Lipinski definition) is 0. The number of aromatic nitrogens is 2. The minimum Gasteiger partial charge on any atom is -0.490 e. The van der Waals surface area contributed by atoms with E-state index in [-0.39, 0.29) is 11.6 Å². The molecule has 0 bridgehead atoms. The van der Waals surface area contributed by atoms with E-state index < -0.39 is 5.82 Å². The van der Waals surface area contributed by atoms with Crippen LogP contribution in [0.1, 0.15) is 11.3 Å². The van der Waals surface area contributed by atoms with Crippen LogP contribution in [0.3, 0.4) is 0 Å². The third-order valence-corrected chi connectivity index (χ3v) is 2.90. The summed E-state index contributed by atoms with van der Waals surface area (Å²) < 4.78 is 20.9. The molecule has 0 N–H and O–H groups in total. The van der Waals surface area contributed by atoms with Gasteiger partial charge in [-0.25, -0.2) is 4.39 Å². The highest BCUT2D eigenvalue weighted by Gasteiger charge is 2.05. The molecule has 20 heavy (non-hydrogen) atoms. The van der Waals surface area contributed by atoms with Crippen molar-refractivity contribution in [2.45, 2.75) is 6.42 Å². The molecule has 3 nitrogen and oxygen atoms in total. The zero-order valence-electron chi connectivity index (χ0n) is 11.1. The lowest BCUT2D eigenvalue weighted by Gasteiger charge is -2.08. The normalized spacial score (nSPS) is 9.95. The molecule has 0 aliphatic rings. The maximum absolute atomic E-state index is 13.6. The second-order valence-electron chi connectivity index (χ2n) is 4.13. The summed E-state index contributed by atoms with van der Waals surface area (Å²) in [5, 5.41) is 4.06. The van der Waals surface area contributed by atoms with Crippen LogP contribution >= 0.6 is 11.6 Å². The van der Waals surface area contributed by atoms with Gasteiger partial charge >= 0.3 is 0 Å². The molecule has 0 radical (unpaired) electrons. The van der Waals surface area contributed by atoms with E-state index in [1.807, 2.05) is 13.1 Å². The number of halogens is 2. The van der Waals surface area contributed by atoms with Crippen LogP contribution < -0.4 is 4.74 Å². The fraction of sp³-hybridized carbons (Fsp3) is 0.267. The molecule has 0 atom stereocenters. The van der Waals surface area contributed by atoms with Crippen LogP contribution in [0.25, 0.3) is 0 Å². The molecule has 1 aromatic heterocycles. The SMILES string of the molecule is Cn1nccc1CCOc1cc(C#CCCl)ccc1F. The van der Waals surface area contributed by atoms with Crippen LogP contribution in [0.5, 0.6) is 5.75 Å². The van der Waals surface area contributed by atoms with Gasteiger partial charge in [-0.1, -0.05) is 11.8 Å². The molecule has 1 aromatic carbocycles. The highest BCUT2D eigenvalue weighted by molar-refractivity contribution is 6.19. The van der Waals surface area contributed by atoms with E-state index in [2.05, 4.69) is 16.9 Å². The van der Waals surface area contributed by atoms with Crippen molar-refractivity contribution < 1.29 is 9.13 Å². The van der Waals surface area contributed by atoms with E-state index in [1.54, 1.807) is 23.0 Å². The molecule has 104 valence electrons. The number of hydrogen-bond acceptors (Lipinski definition) is 2. The highest BCUT2D eigenvalue weighted by atomic mass is 35.5. The maximum atomic E-state index is 13.6. The van der Waals surface area contributed by atoms with Crippen LogP contribution in [0.2, 0.25) is 0 Å². The van der Waals surface area contributed by atoms with Gasteiger partial charge in [0.15, 0.2) is 11.6 Å². The topological polar surface area (TPSA) is 27.1 Å². The summed E-state index contributed by atoms with van der Waals surface area (Å²) in [6.07, 6.45) is 2.38. The van der Waals surface area contributed by atoms with Crippen LogP contribution in [0, 0.1) is 17.7 Å². The lowest BCUT2D eigenvalue weighted by atomic mass is 10.2. The number of rotatable bonds is 4. The van der Waals surface area contributed by atoms with Gasteiger partial charge in [-0.15, -0.1) is 11.6 Å². The van der Waals surface area contributed by atoms with E-state index in [0.717, 1.165) is 5.69 Å². The van der Waals surface area contributed by atoms with Crippen molar-refractivity contribution in [3.63, 3.8) is 0 Å². The van der Waals surface area contributed by atoms with Crippen molar-refractivity contribution in [3.05, 3.63) is 47.5 Å². The monoisotopic (exact) mass is 292 g/mol. The van der Waals surface area contributed by atoms with Gasteiger partial charge in [0.25, 0.3) is 0 Å². The van der Waals surface area contributed by atoms with Crippen molar-refractivity contribution in [2.24, 2.45) is 7.05 Å². The zero-order valence-corrected chi connectivity index (χ0v) is 11.8. The molecule has 1 heterocycles. The van der Waals surface area contributed by atoms with Gasteiger partial charge in [-0.3, -0.25) is 4.68 Å². The number of nitrogens with zero attached hydrogens (tertiary/aromatic N) is 2. The number of alkyl halides is 1. The predicted molar refractivity (Wildman–Crippen MR) is 76.4 cm³/mol. The van der Waals surface area contributed by atoms with Crippen molar-refractivity contribution in [2.75, 3.05) is 12.5 Å². The standard InChI is InChI=1S/C15H14ClFN2O/c1-19-13(6-9-18-19)7-10-20-15-11-12(3-2-8-16)4-5-14(15)17/h4-6,9,11H,7-8,10H2,1H3. The molecule has 0 amide bonds. The summed E-state index contributed by atoms with van der Waals surface area (Å²) in [5.74, 6) is 5.60. The Balaban J connectivity index is 2.00. The van der Waals surface area contributed by atoms with E-state index in [4.69, 9.17) is 16.3 Å². The molecule has 0 saturated heterocycles. The third kappa shape index (κ3) is 3.75. The van der Waals surface area contributed by atoms with Crippen LogP contribution in [0.15, 0.2) is 30.5 Å². The summed E-state index contributed by atoms with van der Waals surface area (Å²) in [5.41, 5.74) is 1.71. The lowest BCUT2D eigenvalue weighted by Crippen LogP contribution is -2.06. The zero-order chi connectivity index (χ0) is 14.4. The van der Waals surface area contributed by atoms with Crippen molar-refractivity contribution in [1.29, 1.82) is 0 Å². The Kier molecular flexibility index (Phi) is 5.03. The molecule has 0 spiro atoms. The Morgan fingerprint density at radius 2 is 2.25 bits per heavy atom. The van der Waals surface area contributed by atoms with E-state index in [9.17, 15) is 4.39 Å². The second-order valence-corrected chi connectivity index (χ2v) is 4.39. The number of benzene rings is 1. The van der Waals surface area contributed by atoms with Crippen molar-refractivity contribution in [1.82, 2.24) is 9.78 Å². The van der Waals surface area contributed by atoms with E-state index >= 15 is 0 Å². The largest absolute Gasteiger partial charge is 0.490 e. The average Bonchev–Trinajstić information content (AvgIpc) is 2.85. The van der Waals surface area contributed by atoms with Gasteiger partial charge < -0.3 is 4.74 Å². The Bertz CT molecular complexity index is 643. The first-order chi connectivity index (χ1) is 9.70. The quantitative estimate of drug-likeness (QED) is 0.640. The van der Waals surface area contributed by atoms with E-state index in [0.29, 0.717) is 18.6 Å². The van der Waals surface area contributed by atoms with Crippen LogP contribution in [0.4, 0.5) is 4.39 Å². The molecule has 2 rings (SSSR count). The highest BCUT2D eigenvalue weighted by Crippen LogP contribution is 2.18. The molecule has 5 heteroatoms. The predicted octanol–water partition coefficient (Wildman–Crippen LogP) is 2.77. The van der Waals surface area contributed by atoms with E-state index in [1.165, 1.54) is 6.07 Å². The Morgan fingerprint density at radius 3 is 2.95 bits per heavy atom. The summed E-state index contributed by atoms with van der Waals surface area (Å²) in [6, 6.07) is 6.43. The fourth-order valence-corrected chi connectivity index (χ4v) is 1.81. The molecule has 0 saturated carbocycles. The Morgan fingerprint density at radius 1 is 1.40 bits per heavy atom. The minimum atomic E-state index is -0.397. The second kappa shape index (κ2) is 6.97. The van der Waals surface area contributed by atoms with Gasteiger partial charge in [0.2, 0.25) is 0 Å². The lowest BCUT2D eigenvalue weighted by molar-refractivity contribution is 0.302. The van der Waals surface area contributed by atoms with Gasteiger partial charge in [0.1, 0.15) is 0 Å². The molecule has 0 aliphatic carbocycles. The first kappa shape index (κ1) is 14.4. The third-order valence-electron chi connectivity index (χ3n) is 2.77. The number of aryl methyl sites for hydroxylation is 1. The van der Waals surface area contributed by atoms with Crippen molar-refractivity contribution in [3.8, 4) is 17.6 Å². The maximum Gasteiger partial charge on any atom is 0.165 e. The molecular weight excluding hydrogens is 279 g/mol. The number of ether oxygens (including phenoxy) is 1. The summed E-state index contributed by atoms with van der Waals surface area (Å²) in [4.78, 5) is 0. The molecule has 2 aromatic rings. The summed E-state index contributed by atoms with van der Waals surface area (Å²) >= 11 is 5.49. The first-order valence-corrected chi connectivity index (χ1v) is 6.68. The molecule has 0 unspecified atom stereocenters. The van der Waals surface area contributed by atoms with Crippen LogP contribution in [-0.4, -0.2) is 22.3 Å². The molecule has 0 fully saturated rings. The first-order valence-electron chi connectivity index (χ1n) is 6.15. The summed E-state index contributed by atoms with van der Waals surface area (Å²) in [7, 11) is 1.86. The Labute approximate surface area is 122 Å². The summed E-state index contributed by atoms with van der Waals surface area (Å²) in [6.45, 7) is 0.378.